The number of nitrogens with zero attached hydrogens (tertiary/aromatic N) is 18. The van der Waals surface area contributed by atoms with Crippen LogP contribution in [-0.2, 0) is 43.2 Å². The normalized spacial score (nSPS) is 11.4. The Labute approximate surface area is 871 Å². The summed E-state index contributed by atoms with van der Waals surface area (Å²) in [6.45, 7) is 12.9. The maximum absolute atomic E-state index is 15.1. The number of thiazole rings is 5. The molecule has 16 heterocycles. The summed E-state index contributed by atoms with van der Waals surface area (Å²) in [5.74, 6) is 3.62. The second kappa shape index (κ2) is 46.6. The topological polar surface area (TPSA) is 418 Å². The van der Waals surface area contributed by atoms with Crippen LogP contribution in [0.3, 0.4) is 0 Å². The largest absolute Gasteiger partial charge is 0.378 e. The highest BCUT2D eigenvalue weighted by molar-refractivity contribution is 7.20. The van der Waals surface area contributed by atoms with E-state index in [4.69, 9.17) is 59.7 Å². The number of aryl methyl sites for hydroxylation is 2. The molecule has 0 spiro atoms. The zero-order valence-corrected chi connectivity index (χ0v) is 86.0. The van der Waals surface area contributed by atoms with Crippen molar-refractivity contribution >= 4 is 144 Å². The zero-order valence-electron chi connectivity index (χ0n) is 79.7. The number of likely N-dealkylation sites (tertiary alicyclic amines) is 1. The van der Waals surface area contributed by atoms with Crippen molar-refractivity contribution in [1.29, 1.82) is 0 Å². The van der Waals surface area contributed by atoms with E-state index >= 15 is 4.39 Å². The molecular formula is C106H89Cl3FN25O6S5. The van der Waals surface area contributed by atoms with Gasteiger partial charge in [-0.05, 0) is 162 Å². The van der Waals surface area contributed by atoms with E-state index in [1.807, 2.05) is 131 Å². The summed E-state index contributed by atoms with van der Waals surface area (Å²) >= 11 is 26.4. The van der Waals surface area contributed by atoms with E-state index < -0.39 is 5.82 Å². The summed E-state index contributed by atoms with van der Waals surface area (Å²) in [4.78, 5) is 158. The van der Waals surface area contributed by atoms with E-state index in [0.717, 1.165) is 165 Å². The molecule has 0 unspecified atom stereocenters. The molecule has 1 aliphatic rings. The van der Waals surface area contributed by atoms with Crippen LogP contribution in [0.25, 0.3) is 163 Å². The maximum atomic E-state index is 15.1. The van der Waals surface area contributed by atoms with Gasteiger partial charge in [0.15, 0.2) is 5.82 Å². The van der Waals surface area contributed by atoms with Crippen LogP contribution in [0.15, 0.2) is 251 Å². The minimum atomic E-state index is -0.476. The Balaban J connectivity index is 0.000000125. The summed E-state index contributed by atoms with van der Waals surface area (Å²) in [6, 6.07) is 50.5. The van der Waals surface area contributed by atoms with E-state index in [1.54, 1.807) is 153 Å². The Bertz CT molecular complexity index is 8070. The second-order valence-corrected chi connectivity index (χ2v) is 39.8. The third-order valence-electron chi connectivity index (χ3n) is 22.3. The predicted molar refractivity (Wildman–Crippen MR) is 575 cm³/mol. The number of aromatic nitrogens is 21. The van der Waals surface area contributed by atoms with E-state index in [1.165, 1.54) is 66.3 Å². The molecule has 21 rings (SSSR count). The highest BCUT2D eigenvalue weighted by Gasteiger charge is 2.29. The maximum Gasteiger partial charge on any atom is 0.253 e. The van der Waals surface area contributed by atoms with Crippen LogP contribution in [0.2, 0.25) is 15.1 Å². The fourth-order valence-electron chi connectivity index (χ4n) is 15.5. The average Bonchev–Trinajstić information content (AvgIpc) is 1.63. The number of anilines is 3. The first kappa shape index (κ1) is 101. The number of hydrogen-bond acceptors (Lipinski definition) is 28. The molecule has 40 heteroatoms. The third kappa shape index (κ3) is 24.7. The number of rotatable bonds is 25. The lowest BCUT2D eigenvalue weighted by Gasteiger charge is -2.15. The number of ketones is 3. The molecular weight excluding hydrogens is 2010 g/mol. The van der Waals surface area contributed by atoms with Crippen LogP contribution in [0, 0.1) is 19.7 Å². The predicted octanol–water partition coefficient (Wildman–Crippen LogP) is 24.0. The summed E-state index contributed by atoms with van der Waals surface area (Å²) in [5, 5.41) is 17.9. The van der Waals surface area contributed by atoms with E-state index in [2.05, 4.69) is 120 Å². The molecule has 20 aromatic rings. The Hall–Kier alpha value is -16.0. The summed E-state index contributed by atoms with van der Waals surface area (Å²) < 4.78 is 15.1. The minimum absolute atomic E-state index is 0.0661. The number of Topliss-reactive ketones (excluding diaryl/α,β-unsaturated/α-hetero) is 3. The van der Waals surface area contributed by atoms with Gasteiger partial charge in [0, 0.05) is 230 Å². The monoisotopic (exact) mass is 2090 g/mol. The molecule has 0 bridgehead atoms. The quantitative estimate of drug-likeness (QED) is 0.0279. The summed E-state index contributed by atoms with van der Waals surface area (Å²) in [7, 11) is 4.04. The molecule has 3 amide bonds. The fourth-order valence-corrected chi connectivity index (χ4v) is 21.6. The van der Waals surface area contributed by atoms with Crippen LogP contribution >= 0.6 is 91.5 Å². The molecule has 146 heavy (non-hydrogen) atoms. The van der Waals surface area contributed by atoms with Crippen molar-refractivity contribution in [3.8, 4) is 163 Å². The Morgan fingerprint density at radius 2 is 0.815 bits per heavy atom. The molecule has 31 nitrogen and oxygen atoms in total. The number of imidazole rings is 4. The summed E-state index contributed by atoms with van der Waals surface area (Å²) in [5.41, 5.74) is 17.7. The molecule has 0 atom stereocenters. The number of benzene rings is 5. The third-order valence-corrected chi connectivity index (χ3v) is 28.7. The van der Waals surface area contributed by atoms with Gasteiger partial charge in [0.05, 0.1) is 62.9 Å². The number of amides is 3. The van der Waals surface area contributed by atoms with E-state index in [0.29, 0.717) is 103 Å². The molecule has 732 valence electrons. The molecule has 0 aliphatic carbocycles. The number of pyridine rings is 5. The Morgan fingerprint density at radius 3 is 1.27 bits per heavy atom. The number of nitrogens with one attached hydrogen (secondary N) is 7. The Morgan fingerprint density at radius 1 is 0.390 bits per heavy atom. The van der Waals surface area contributed by atoms with Crippen molar-refractivity contribution in [3.63, 3.8) is 0 Å². The smallest absolute Gasteiger partial charge is 0.253 e. The van der Waals surface area contributed by atoms with Gasteiger partial charge in [-0.15, -0.1) is 56.7 Å². The minimum Gasteiger partial charge on any atom is -0.378 e. The standard InChI is InChI=1S/C24H21FN6O2S.C22H21N5OS.C21H16Cl2N4OS.C20H16ClN5OS.C19H15N5OS/c1-14(32)29-19-13-15(6-7-26-19)23-30-20(21(34-23)22-27-8-9-28-22)17-12-16(4-5-18(17)25)24(33)31-10-2-3-11-31;1-14(28)12-17-13-16(8-9-23-17)22-26-19(20(29-22)21-24-10-11-25-21)15-4-6-18(7-5-15)27(2)3;1-11-10-26-14(7-12(2)28)9-16(11)21-27-18(15-4-3-13(22)8-17(15)23)19(29-21)20-24-5-6-25-20;1-11-9-22-13(7-12(2)27)8-15(11)20-25-17(14-5-3-4-6-16(14)21)18(28-20)19-23-10-24-26-19;1-12(25)23-15-11-14(7-8-20-15)19-24-16(13-5-3-2-4-6-13)17(26-19)18-21-9-10-22-18/h4-9,12-13H,2-3,10-11H2,1H3,(H,27,28)(H,26,29,32);4-11,13H,12H2,1-3H3,(H,24,25);3-6,8-10H,7H2,1-2H3,(H,24,25);3-6,8-10H,7H2,1-2H3,(H,23,24,26);2-11H,1H3,(H,21,22)(H,20,23,25). The molecule has 5 aromatic carbocycles. The SMILES string of the molecule is CC(=O)Cc1cc(-c2nc(-c3ccc(Cl)cc3Cl)c(-c3ncc[nH]3)s2)c(C)cn1.CC(=O)Cc1cc(-c2nc(-c3ccc(N(C)C)cc3)c(-c3ncc[nH]3)s2)ccn1.CC(=O)Cc1cc(-c2nc(-c3ccccc3Cl)c(-c3ncn[nH]3)s2)c(C)cn1.CC(=O)Nc1cc(-c2nc(-c3cc(C(=O)N4CCCC4)ccc3F)c(-c3ncc[nH]3)s2)ccn1.CC(=O)Nc1cc(-c2nc(-c3ccccc3)c(-c3ncc[nH]3)s2)ccn1. The summed E-state index contributed by atoms with van der Waals surface area (Å²) in [6.07, 6.45) is 26.7. The van der Waals surface area contributed by atoms with Crippen LogP contribution in [0.4, 0.5) is 21.7 Å². The van der Waals surface area contributed by atoms with Gasteiger partial charge in [-0.1, -0.05) is 95.5 Å². The van der Waals surface area contributed by atoms with Gasteiger partial charge in [0.1, 0.15) is 89.5 Å². The van der Waals surface area contributed by atoms with Gasteiger partial charge in [0.2, 0.25) is 11.8 Å². The van der Waals surface area contributed by atoms with Crippen molar-refractivity contribution < 1.29 is 33.2 Å². The average molecular weight is 2090 g/mol. The molecule has 15 aromatic heterocycles. The van der Waals surface area contributed by atoms with Gasteiger partial charge in [-0.25, -0.2) is 64.2 Å². The van der Waals surface area contributed by atoms with Crippen molar-refractivity contribution in [3.05, 3.63) is 305 Å². The molecule has 7 N–H and O–H groups in total. The lowest BCUT2D eigenvalue weighted by molar-refractivity contribution is -0.117. The number of carbonyl (C=O) groups excluding carboxylic acids is 6. The van der Waals surface area contributed by atoms with Crippen molar-refractivity contribution in [2.24, 2.45) is 0 Å². The number of H-pyrrole nitrogens is 5. The van der Waals surface area contributed by atoms with Crippen LogP contribution in [0.1, 0.15) is 86.0 Å². The lowest BCUT2D eigenvalue weighted by atomic mass is 10.1. The molecule has 1 saturated heterocycles. The molecule has 0 radical (unpaired) electrons. The van der Waals surface area contributed by atoms with Gasteiger partial charge in [-0.3, -0.25) is 48.8 Å². The van der Waals surface area contributed by atoms with Gasteiger partial charge in [0.25, 0.3) is 5.91 Å². The highest BCUT2D eigenvalue weighted by atomic mass is 35.5. The van der Waals surface area contributed by atoms with E-state index in [9.17, 15) is 28.8 Å². The number of halogens is 4. The first-order valence-electron chi connectivity index (χ1n) is 45.5. The van der Waals surface area contributed by atoms with Crippen molar-refractivity contribution in [2.75, 3.05) is 42.7 Å². The van der Waals surface area contributed by atoms with Gasteiger partial charge < -0.3 is 40.4 Å². The first-order valence-corrected chi connectivity index (χ1v) is 50.7. The van der Waals surface area contributed by atoms with Gasteiger partial charge in [-0.2, -0.15) is 5.10 Å². The first-order chi connectivity index (χ1) is 70.6. The number of carbonyl (C=O) groups is 6. The van der Waals surface area contributed by atoms with Crippen molar-refractivity contribution in [1.82, 2.24) is 110 Å². The number of hydrogen-bond donors (Lipinski definition) is 7. The number of aromatic amines is 5. The van der Waals surface area contributed by atoms with E-state index in [-0.39, 0.29) is 40.6 Å². The van der Waals surface area contributed by atoms with Crippen LogP contribution in [0.5, 0.6) is 0 Å². The van der Waals surface area contributed by atoms with Crippen LogP contribution in [-0.4, -0.2) is 172 Å². The van der Waals surface area contributed by atoms with Gasteiger partial charge >= 0.3 is 0 Å². The molecule has 1 aliphatic heterocycles. The lowest BCUT2D eigenvalue weighted by Crippen LogP contribution is -2.27. The zero-order chi connectivity index (χ0) is 102. The fraction of sp³-hybridized carbons (Fsp3) is 0.151. The molecule has 0 saturated carbocycles. The molecule has 1 fully saturated rings. The highest BCUT2D eigenvalue weighted by Crippen LogP contribution is 2.48. The van der Waals surface area contributed by atoms with Crippen LogP contribution < -0.4 is 15.5 Å². The second-order valence-electron chi connectivity index (χ2n) is 33.5. The van der Waals surface area contributed by atoms with Crippen molar-refractivity contribution in [2.45, 2.75) is 80.6 Å². The Kier molecular flexibility index (Phi) is 32.4.